The van der Waals surface area contributed by atoms with Crippen LogP contribution in [0.4, 0.5) is 0 Å². The fourth-order valence-corrected chi connectivity index (χ4v) is 2.74. The first kappa shape index (κ1) is 13.5. The molecule has 0 amide bonds. The van der Waals surface area contributed by atoms with Crippen LogP contribution in [0.1, 0.15) is 0 Å². The third-order valence-electron chi connectivity index (χ3n) is 2.67. The van der Waals surface area contributed by atoms with E-state index in [-0.39, 0.29) is 10.4 Å². The van der Waals surface area contributed by atoms with Crippen LogP contribution >= 0.6 is 7.82 Å². The minimum Gasteiger partial charge on any atom is -0.742 e. The van der Waals surface area contributed by atoms with E-state index in [4.69, 9.17) is 13.9 Å². The predicted octanol–water partition coefficient (Wildman–Crippen LogP) is 0.942. The predicted molar refractivity (Wildman–Crippen MR) is 62.5 cm³/mol. The van der Waals surface area contributed by atoms with Gasteiger partial charge in [0, 0.05) is 0 Å². The van der Waals surface area contributed by atoms with E-state index in [0.717, 1.165) is 0 Å². The molecule has 0 bridgehead atoms. The van der Waals surface area contributed by atoms with Crippen molar-refractivity contribution < 1.29 is 28.0 Å². The van der Waals surface area contributed by atoms with E-state index in [2.05, 4.69) is 0 Å². The number of quaternary nitrogens is 1. The summed E-state index contributed by atoms with van der Waals surface area (Å²) < 4.78 is 26.9. The number of benzene rings is 1. The van der Waals surface area contributed by atoms with Gasteiger partial charge in [-0.25, -0.2) is 0 Å². The number of nitrogens with zero attached hydrogens (tertiary/aromatic N) is 1. The van der Waals surface area contributed by atoms with Crippen LogP contribution in [0.25, 0.3) is 0 Å². The lowest BCUT2D eigenvalue weighted by Gasteiger charge is -2.37. The van der Waals surface area contributed by atoms with Crippen LogP contribution in [-0.2, 0) is 13.9 Å². The summed E-state index contributed by atoms with van der Waals surface area (Å²) in [6, 6.07) is 8.29. The molecule has 0 aliphatic carbocycles. The summed E-state index contributed by atoms with van der Waals surface area (Å²) in [4.78, 5) is 11.8. The molecule has 1 aliphatic heterocycles. The van der Waals surface area contributed by atoms with E-state index < -0.39 is 7.82 Å². The third kappa shape index (κ3) is 3.80. The second-order valence-electron chi connectivity index (χ2n) is 4.29. The molecule has 6 nitrogen and oxygen atoms in total. The van der Waals surface area contributed by atoms with Crippen molar-refractivity contribution in [1.82, 2.24) is 0 Å². The van der Waals surface area contributed by atoms with Crippen molar-refractivity contribution in [2.45, 2.75) is 0 Å². The smallest absolute Gasteiger partial charge is 0.373 e. The number of phosphoric acid groups is 1. The highest BCUT2D eigenvalue weighted by Gasteiger charge is 2.33. The highest BCUT2D eigenvalue weighted by Crippen LogP contribution is 2.42. The van der Waals surface area contributed by atoms with Crippen LogP contribution in [0.3, 0.4) is 0 Å². The van der Waals surface area contributed by atoms with Gasteiger partial charge in [-0.1, -0.05) is 18.2 Å². The summed E-state index contributed by atoms with van der Waals surface area (Å²) in [5, 5.41) is 0. The molecule has 1 saturated heterocycles. The van der Waals surface area contributed by atoms with Gasteiger partial charge in [-0.3, -0.25) is 4.57 Å². The van der Waals surface area contributed by atoms with Crippen LogP contribution in [0.5, 0.6) is 5.75 Å². The van der Waals surface area contributed by atoms with Crippen LogP contribution in [0.2, 0.25) is 0 Å². The Kier molecular flexibility index (Phi) is 4.04. The van der Waals surface area contributed by atoms with Crippen molar-refractivity contribution in [2.24, 2.45) is 0 Å². The van der Waals surface area contributed by atoms with Gasteiger partial charge < -0.3 is 14.2 Å². The van der Waals surface area contributed by atoms with Gasteiger partial charge >= 0.3 is 7.82 Å². The first-order valence-corrected chi connectivity index (χ1v) is 7.15. The van der Waals surface area contributed by atoms with Crippen molar-refractivity contribution >= 4 is 7.82 Å². The lowest BCUT2D eigenvalue weighted by atomic mass is 10.3. The molecule has 0 N–H and O–H groups in total. The van der Waals surface area contributed by atoms with Crippen LogP contribution in [-0.4, -0.2) is 38.0 Å². The summed E-state index contributed by atoms with van der Waals surface area (Å²) in [7, 11) is -2.69. The Labute approximate surface area is 106 Å². The fourth-order valence-electron chi connectivity index (χ4n) is 1.68. The maximum atomic E-state index is 11.8. The number of hydrogen-bond donors (Lipinski definition) is 0. The molecule has 18 heavy (non-hydrogen) atoms. The molecule has 1 aromatic rings. The van der Waals surface area contributed by atoms with Crippen molar-refractivity contribution in [3.63, 3.8) is 0 Å². The molecule has 1 atom stereocenters. The molecule has 2 rings (SSSR count). The molecule has 1 fully saturated rings. The van der Waals surface area contributed by atoms with Crippen LogP contribution in [0.15, 0.2) is 30.3 Å². The van der Waals surface area contributed by atoms with Gasteiger partial charge in [0.2, 0.25) is 0 Å². The molecule has 0 aromatic heterocycles. The second kappa shape index (κ2) is 5.38. The van der Waals surface area contributed by atoms with E-state index in [0.29, 0.717) is 26.3 Å². The zero-order valence-electron chi connectivity index (χ0n) is 10.2. The average Bonchev–Trinajstić information content (AvgIpc) is 2.29. The van der Waals surface area contributed by atoms with Crippen molar-refractivity contribution in [2.75, 3.05) is 33.4 Å². The summed E-state index contributed by atoms with van der Waals surface area (Å²) in [6.45, 7) is 1.90. The Bertz CT molecular complexity index is 432. The van der Waals surface area contributed by atoms with Gasteiger partial charge in [0.1, 0.15) is 18.8 Å². The summed E-state index contributed by atoms with van der Waals surface area (Å²) in [5.74, 6) is 0.246. The van der Waals surface area contributed by atoms with E-state index in [1.807, 2.05) is 0 Å². The second-order valence-corrected chi connectivity index (χ2v) is 5.53. The molecule has 0 radical (unpaired) electrons. The van der Waals surface area contributed by atoms with Crippen molar-refractivity contribution in [1.29, 1.82) is 0 Å². The summed E-state index contributed by atoms with van der Waals surface area (Å²) in [5.41, 5.74) is 0. The Morgan fingerprint density at radius 1 is 1.28 bits per heavy atom. The van der Waals surface area contributed by atoms with Gasteiger partial charge in [-0.05, 0) is 12.1 Å². The Morgan fingerprint density at radius 3 is 2.50 bits per heavy atom. The number of hydrogen-bond acceptors (Lipinski definition) is 5. The van der Waals surface area contributed by atoms with Gasteiger partial charge in [0.15, 0.2) is 0 Å². The zero-order valence-corrected chi connectivity index (χ0v) is 11.0. The number of ether oxygens (including phenoxy) is 1. The topological polar surface area (TPSA) is 67.8 Å². The van der Waals surface area contributed by atoms with E-state index in [9.17, 15) is 9.46 Å². The monoisotopic (exact) mass is 273 g/mol. The molecular formula is C11H16NO5P. The summed E-state index contributed by atoms with van der Waals surface area (Å²) in [6.07, 6.45) is 0. The largest absolute Gasteiger partial charge is 0.742 e. The molecule has 7 heteroatoms. The van der Waals surface area contributed by atoms with Gasteiger partial charge in [-0.2, -0.15) is 4.65 Å². The Balaban J connectivity index is 2.00. The highest BCUT2D eigenvalue weighted by molar-refractivity contribution is 7.46. The van der Waals surface area contributed by atoms with Crippen molar-refractivity contribution in [3.8, 4) is 5.75 Å². The number of likely N-dealkylation sites (N-methyl/N-ethyl adjacent to an activating group) is 1. The Hall–Kier alpha value is -0.910. The first-order chi connectivity index (χ1) is 8.49. The number of rotatable bonds is 4. The molecule has 1 aromatic carbocycles. The number of hydroxylamine groups is 3. The Morgan fingerprint density at radius 2 is 1.89 bits per heavy atom. The minimum atomic E-state index is -4.38. The average molecular weight is 273 g/mol. The standard InChI is InChI=1S/C11H16NO5P/c1-12(7-9-15-10-8-12)17-18(13,14)16-11-5-3-2-4-6-11/h2-6H,7-10H2,1H3. The highest BCUT2D eigenvalue weighted by atomic mass is 31.2. The van der Waals surface area contributed by atoms with Crippen molar-refractivity contribution in [3.05, 3.63) is 30.3 Å². The van der Waals surface area contributed by atoms with Crippen LogP contribution in [0, 0.1) is 0 Å². The minimum absolute atomic E-state index is 0.0480. The maximum Gasteiger partial charge on any atom is 0.373 e. The normalized spacial score (nSPS) is 22.1. The van der Waals surface area contributed by atoms with E-state index in [1.54, 1.807) is 37.4 Å². The van der Waals surface area contributed by atoms with E-state index in [1.165, 1.54) is 0 Å². The lowest BCUT2D eigenvalue weighted by molar-refractivity contribution is -1.07. The molecule has 100 valence electrons. The quantitative estimate of drug-likeness (QED) is 0.603. The fraction of sp³-hybridized carbons (Fsp3) is 0.455. The number of phosphoric ester groups is 1. The molecule has 0 spiro atoms. The summed E-state index contributed by atoms with van der Waals surface area (Å²) >= 11 is 0. The molecule has 1 aliphatic rings. The molecule has 1 heterocycles. The van der Waals surface area contributed by atoms with Gasteiger partial charge in [0.25, 0.3) is 0 Å². The zero-order chi connectivity index (χ0) is 13.1. The van der Waals surface area contributed by atoms with Gasteiger partial charge in [0.05, 0.1) is 20.3 Å². The maximum absolute atomic E-state index is 11.8. The van der Waals surface area contributed by atoms with E-state index >= 15 is 0 Å². The molecular weight excluding hydrogens is 257 g/mol. The van der Waals surface area contributed by atoms with Gasteiger partial charge in [-0.15, -0.1) is 4.62 Å². The molecule has 1 unspecified atom stereocenters. The number of morpholine rings is 1. The number of para-hydroxylation sites is 1. The molecule has 0 saturated carbocycles. The first-order valence-electron chi connectivity index (χ1n) is 5.68. The lowest BCUT2D eigenvalue weighted by Crippen LogP contribution is -2.51. The van der Waals surface area contributed by atoms with Crippen LogP contribution < -0.4 is 9.42 Å². The third-order valence-corrected chi connectivity index (χ3v) is 3.70. The SMILES string of the molecule is C[N+]1(OP(=O)([O-])Oc2ccccc2)CCOCC1.